The zero-order chi connectivity index (χ0) is 25.8. The van der Waals surface area contributed by atoms with Crippen LogP contribution in [-0.2, 0) is 13.1 Å². The number of nitrogens with one attached hydrogen (secondary N) is 1. The highest BCUT2D eigenvalue weighted by atomic mass is 79.9. The van der Waals surface area contributed by atoms with Crippen molar-refractivity contribution in [3.63, 3.8) is 0 Å². The summed E-state index contributed by atoms with van der Waals surface area (Å²) in [7, 11) is 2.21. The Morgan fingerprint density at radius 3 is 2.59 bits per heavy atom. The molecule has 0 amide bonds. The van der Waals surface area contributed by atoms with Crippen molar-refractivity contribution in [3.8, 4) is 6.07 Å². The second kappa shape index (κ2) is 12.0. The Kier molecular flexibility index (Phi) is 8.51. The zero-order valence-electron chi connectivity index (χ0n) is 21.9. The second-order valence-corrected chi connectivity index (χ2v) is 11.9. The van der Waals surface area contributed by atoms with Gasteiger partial charge in [0.15, 0.2) is 0 Å². The number of rotatable bonds is 6. The number of aliphatic imine (C=N–C) groups is 1. The van der Waals surface area contributed by atoms with Gasteiger partial charge < -0.3 is 10.2 Å². The van der Waals surface area contributed by atoms with E-state index in [1.54, 1.807) is 0 Å². The average Bonchev–Trinajstić information content (AvgIpc) is 3.05. The third kappa shape index (κ3) is 6.38. The number of halogens is 1. The second-order valence-electron chi connectivity index (χ2n) is 11.0. The molecule has 3 aliphatic rings. The minimum Gasteiger partial charge on any atom is -0.309 e. The van der Waals surface area contributed by atoms with E-state index in [0.29, 0.717) is 23.8 Å². The van der Waals surface area contributed by atoms with Crippen molar-refractivity contribution in [2.45, 2.75) is 45.3 Å². The van der Waals surface area contributed by atoms with Crippen LogP contribution >= 0.6 is 15.9 Å². The Balaban J connectivity index is 1.31. The number of hydrogen-bond acceptors (Lipinski definition) is 6. The molecular formula is C30H37BrN6. The topological polar surface area (TPSA) is 67.6 Å². The van der Waals surface area contributed by atoms with E-state index in [9.17, 15) is 0 Å². The van der Waals surface area contributed by atoms with Crippen LogP contribution in [-0.4, -0.2) is 59.8 Å². The highest BCUT2D eigenvalue weighted by molar-refractivity contribution is 9.11. The normalized spacial score (nSPS) is 25.8. The van der Waals surface area contributed by atoms with Crippen LogP contribution in [0.5, 0.6) is 0 Å². The summed E-state index contributed by atoms with van der Waals surface area (Å²) in [5, 5.41) is 13.0. The fourth-order valence-corrected chi connectivity index (χ4v) is 7.01. The van der Waals surface area contributed by atoms with Crippen LogP contribution in [0.15, 0.2) is 64.0 Å². The zero-order valence-corrected chi connectivity index (χ0v) is 23.5. The van der Waals surface area contributed by atoms with Crippen LogP contribution in [0.3, 0.4) is 0 Å². The molecule has 5 rings (SSSR count). The molecule has 0 radical (unpaired) electrons. The highest BCUT2D eigenvalue weighted by Crippen LogP contribution is 2.38. The number of nitrogens with zero attached hydrogens (tertiary/aromatic N) is 5. The number of hydrogen-bond donors (Lipinski definition) is 1. The van der Waals surface area contributed by atoms with Crippen LogP contribution in [0.2, 0.25) is 0 Å². The lowest BCUT2D eigenvalue weighted by atomic mass is 9.81. The molecular weight excluding hydrogens is 524 g/mol. The molecule has 1 fully saturated rings. The number of likely N-dealkylation sites (tertiary alicyclic amines) is 1. The van der Waals surface area contributed by atoms with Crippen LogP contribution in [0.4, 0.5) is 0 Å². The third-order valence-corrected chi connectivity index (χ3v) is 8.91. The van der Waals surface area contributed by atoms with E-state index in [1.807, 2.05) is 30.6 Å². The Morgan fingerprint density at radius 1 is 1.11 bits per heavy atom. The van der Waals surface area contributed by atoms with Gasteiger partial charge in [-0.3, -0.25) is 14.9 Å². The lowest BCUT2D eigenvalue weighted by molar-refractivity contribution is 0.199. The summed E-state index contributed by atoms with van der Waals surface area (Å²) in [6.07, 6.45) is 7.18. The highest BCUT2D eigenvalue weighted by Gasteiger charge is 2.37. The predicted molar refractivity (Wildman–Crippen MR) is 152 cm³/mol. The molecule has 0 saturated carbocycles. The van der Waals surface area contributed by atoms with Gasteiger partial charge in [-0.2, -0.15) is 5.26 Å². The van der Waals surface area contributed by atoms with Gasteiger partial charge in [-0.15, -0.1) is 0 Å². The molecule has 1 saturated heterocycles. The number of piperidine rings is 1. The number of fused-ring (bicyclic) bond motifs is 1. The SMILES string of the molecule is CC1C(C2CCN(Cc3ccc(C#N)cc3)CC2)=NC2=C(Br)CN(C)CC2CC1NCc1cccnc1. The molecule has 3 aliphatic heterocycles. The molecule has 7 heteroatoms. The van der Waals surface area contributed by atoms with E-state index in [0.717, 1.165) is 64.1 Å². The fourth-order valence-electron chi connectivity index (χ4n) is 6.17. The molecule has 3 unspecified atom stereocenters. The van der Waals surface area contributed by atoms with Gasteiger partial charge in [0, 0.05) is 72.6 Å². The van der Waals surface area contributed by atoms with Crippen molar-refractivity contribution in [1.82, 2.24) is 20.1 Å². The number of aromatic nitrogens is 1. The van der Waals surface area contributed by atoms with Crippen molar-refractivity contribution in [3.05, 3.63) is 75.7 Å². The maximum Gasteiger partial charge on any atom is 0.0991 e. The first-order valence-electron chi connectivity index (χ1n) is 13.5. The molecule has 3 atom stereocenters. The van der Waals surface area contributed by atoms with Crippen molar-refractivity contribution in [1.29, 1.82) is 5.26 Å². The first-order chi connectivity index (χ1) is 18.0. The summed E-state index contributed by atoms with van der Waals surface area (Å²) in [5.74, 6) is 1.34. The third-order valence-electron chi connectivity index (χ3n) is 8.25. The van der Waals surface area contributed by atoms with Gasteiger partial charge in [-0.05, 0) is 68.7 Å². The van der Waals surface area contributed by atoms with Gasteiger partial charge in [0.25, 0.3) is 0 Å². The summed E-state index contributed by atoms with van der Waals surface area (Å²) >= 11 is 3.90. The molecule has 0 bridgehead atoms. The molecule has 37 heavy (non-hydrogen) atoms. The quantitative estimate of drug-likeness (QED) is 0.540. The van der Waals surface area contributed by atoms with E-state index in [-0.39, 0.29) is 0 Å². The van der Waals surface area contributed by atoms with Crippen LogP contribution in [0, 0.1) is 29.1 Å². The van der Waals surface area contributed by atoms with E-state index < -0.39 is 0 Å². The molecule has 2 aromatic rings. The van der Waals surface area contributed by atoms with Crippen LogP contribution in [0.1, 0.15) is 42.9 Å². The standard InChI is InChI=1S/C30H37BrN6/c1-21-28(34-17-24-4-3-11-33-16-24)14-26-19-36(2)20-27(31)30(26)35-29(21)25-9-12-37(13-10-25)18-23-7-5-22(15-32)6-8-23/h3-8,11,16,21,25-26,28,34H,9-10,12-14,17-20H2,1-2H3. The Morgan fingerprint density at radius 2 is 1.89 bits per heavy atom. The first-order valence-corrected chi connectivity index (χ1v) is 14.3. The van der Waals surface area contributed by atoms with Crippen molar-refractivity contribution in [2.75, 3.05) is 33.2 Å². The number of likely N-dealkylation sites (N-methyl/N-ethyl adjacent to an activating group) is 1. The molecule has 0 spiro atoms. The molecule has 1 aromatic heterocycles. The number of nitriles is 1. The summed E-state index contributed by atoms with van der Waals surface area (Å²) in [4.78, 5) is 14.7. The van der Waals surface area contributed by atoms with Crippen molar-refractivity contribution < 1.29 is 0 Å². The molecule has 194 valence electrons. The number of pyridine rings is 1. The Bertz CT molecular complexity index is 1160. The van der Waals surface area contributed by atoms with E-state index in [1.165, 1.54) is 27.0 Å². The van der Waals surface area contributed by atoms with E-state index in [4.69, 9.17) is 10.3 Å². The maximum absolute atomic E-state index is 9.07. The summed E-state index contributed by atoms with van der Waals surface area (Å²) in [6.45, 7) is 8.32. The van der Waals surface area contributed by atoms with Gasteiger partial charge in [-0.25, -0.2) is 0 Å². The average molecular weight is 562 g/mol. The molecule has 0 aliphatic carbocycles. The predicted octanol–water partition coefficient (Wildman–Crippen LogP) is 4.97. The van der Waals surface area contributed by atoms with Crippen molar-refractivity contribution in [2.24, 2.45) is 22.7 Å². The van der Waals surface area contributed by atoms with Crippen LogP contribution in [0.25, 0.3) is 0 Å². The Hall–Kier alpha value is -2.37. The van der Waals surface area contributed by atoms with Gasteiger partial charge in [0.05, 0.1) is 17.3 Å². The smallest absolute Gasteiger partial charge is 0.0991 e. The molecule has 1 N–H and O–H groups in total. The van der Waals surface area contributed by atoms with Gasteiger partial charge in [-0.1, -0.05) is 41.1 Å². The first kappa shape index (κ1) is 26.2. The lowest BCUT2D eigenvalue weighted by Crippen LogP contribution is -2.44. The maximum atomic E-state index is 9.07. The minimum absolute atomic E-state index is 0.380. The lowest BCUT2D eigenvalue weighted by Gasteiger charge is -2.35. The summed E-state index contributed by atoms with van der Waals surface area (Å²) < 4.78 is 1.25. The summed E-state index contributed by atoms with van der Waals surface area (Å²) in [5.41, 5.74) is 5.90. The van der Waals surface area contributed by atoms with E-state index in [2.05, 4.69) is 74.3 Å². The molecule has 6 nitrogen and oxygen atoms in total. The van der Waals surface area contributed by atoms with Gasteiger partial charge in [0.2, 0.25) is 0 Å². The fraction of sp³-hybridized carbons (Fsp3) is 0.500. The number of benzene rings is 1. The minimum atomic E-state index is 0.380. The largest absolute Gasteiger partial charge is 0.309 e. The van der Waals surface area contributed by atoms with Gasteiger partial charge in [0.1, 0.15) is 0 Å². The Labute approximate surface area is 229 Å². The van der Waals surface area contributed by atoms with E-state index >= 15 is 0 Å². The molecule has 4 heterocycles. The molecule has 1 aromatic carbocycles. The monoisotopic (exact) mass is 560 g/mol. The van der Waals surface area contributed by atoms with Crippen molar-refractivity contribution >= 4 is 21.6 Å². The summed E-state index contributed by atoms with van der Waals surface area (Å²) in [6, 6.07) is 14.8. The van der Waals surface area contributed by atoms with Gasteiger partial charge >= 0.3 is 0 Å². The van der Waals surface area contributed by atoms with Crippen LogP contribution < -0.4 is 5.32 Å².